The Bertz CT molecular complexity index is 763. The number of benzene rings is 1. The maximum absolute atomic E-state index is 12.2. The van der Waals surface area contributed by atoms with Crippen molar-refractivity contribution in [3.63, 3.8) is 0 Å². The molecule has 1 aliphatic heterocycles. The van der Waals surface area contributed by atoms with Gasteiger partial charge in [-0.15, -0.1) is 0 Å². The van der Waals surface area contributed by atoms with Crippen LogP contribution in [0.5, 0.6) is 0 Å². The van der Waals surface area contributed by atoms with Gasteiger partial charge in [-0.3, -0.25) is 4.79 Å². The zero-order valence-corrected chi connectivity index (χ0v) is 17.4. The topological polar surface area (TPSA) is 58.1 Å². The summed E-state index contributed by atoms with van der Waals surface area (Å²) in [6.07, 6.45) is 2.85. The Kier molecular flexibility index (Phi) is 6.53. The van der Waals surface area contributed by atoms with Crippen molar-refractivity contribution in [3.05, 3.63) is 41.1 Å². The third kappa shape index (κ3) is 5.45. The molecule has 2 heterocycles. The van der Waals surface area contributed by atoms with E-state index in [0.29, 0.717) is 17.6 Å². The van der Waals surface area contributed by atoms with E-state index in [-0.39, 0.29) is 5.91 Å². The average molecular weight is 435 g/mol. The Morgan fingerprint density at radius 3 is 2.77 bits per heavy atom. The average Bonchev–Trinajstić information content (AvgIpc) is 2.59. The molecule has 0 saturated carbocycles. The van der Waals surface area contributed by atoms with Crippen molar-refractivity contribution in [1.82, 2.24) is 9.97 Å². The van der Waals surface area contributed by atoms with Gasteiger partial charge in [0.05, 0.1) is 5.75 Å². The largest absolute Gasteiger partial charge is 0.356 e. The molecule has 0 radical (unpaired) electrons. The molecule has 1 aromatic carbocycles. The van der Waals surface area contributed by atoms with E-state index >= 15 is 0 Å². The van der Waals surface area contributed by atoms with Crippen LogP contribution in [-0.2, 0) is 4.79 Å². The number of amides is 1. The van der Waals surface area contributed by atoms with Gasteiger partial charge in [0.2, 0.25) is 5.91 Å². The third-order valence-corrected chi connectivity index (χ3v) is 5.70. The Morgan fingerprint density at radius 1 is 1.27 bits per heavy atom. The molecule has 7 heteroatoms. The lowest BCUT2D eigenvalue weighted by Gasteiger charge is -2.35. The van der Waals surface area contributed by atoms with Crippen molar-refractivity contribution in [2.45, 2.75) is 25.3 Å². The van der Waals surface area contributed by atoms with Gasteiger partial charge in [0.25, 0.3) is 0 Å². The summed E-state index contributed by atoms with van der Waals surface area (Å²) in [5.41, 5.74) is 0.782. The quantitative estimate of drug-likeness (QED) is 0.556. The monoisotopic (exact) mass is 434 g/mol. The molecular weight excluding hydrogens is 412 g/mol. The summed E-state index contributed by atoms with van der Waals surface area (Å²) >= 11 is 4.83. The molecule has 1 amide bonds. The van der Waals surface area contributed by atoms with Crippen molar-refractivity contribution in [2.24, 2.45) is 11.8 Å². The standard InChI is InChI=1S/C19H23BrN4OS/c1-13-6-14(2)10-24(9-13)17-8-19(22-12-21-17)26-11-18(25)23-16-5-3-4-15(20)7-16/h3-5,7-8,12-14H,6,9-11H2,1-2H3,(H,23,25)/t13-,14-/m0/s1. The Labute approximate surface area is 167 Å². The molecule has 1 saturated heterocycles. The van der Waals surface area contributed by atoms with Gasteiger partial charge in [0.15, 0.2) is 0 Å². The molecule has 1 aliphatic rings. The highest BCUT2D eigenvalue weighted by Crippen LogP contribution is 2.27. The van der Waals surface area contributed by atoms with E-state index in [1.54, 1.807) is 6.33 Å². The second-order valence-corrected chi connectivity index (χ2v) is 8.82. The second kappa shape index (κ2) is 8.86. The summed E-state index contributed by atoms with van der Waals surface area (Å²) in [4.78, 5) is 23.2. The number of rotatable bonds is 5. The number of halogens is 1. The number of carbonyl (C=O) groups excluding carboxylic acids is 1. The highest BCUT2D eigenvalue weighted by molar-refractivity contribution is 9.10. The molecule has 2 atom stereocenters. The molecule has 5 nitrogen and oxygen atoms in total. The number of anilines is 2. The van der Waals surface area contributed by atoms with Crippen molar-refractivity contribution < 1.29 is 4.79 Å². The van der Waals surface area contributed by atoms with Gasteiger partial charge in [0, 0.05) is 29.3 Å². The minimum Gasteiger partial charge on any atom is -0.356 e. The summed E-state index contributed by atoms with van der Waals surface area (Å²) in [5, 5.41) is 3.72. The van der Waals surface area contributed by atoms with Crippen LogP contribution in [0.25, 0.3) is 0 Å². The van der Waals surface area contributed by atoms with Crippen molar-refractivity contribution in [2.75, 3.05) is 29.1 Å². The summed E-state index contributed by atoms with van der Waals surface area (Å²) in [6.45, 7) is 6.61. The van der Waals surface area contributed by atoms with Crippen LogP contribution in [0, 0.1) is 11.8 Å². The van der Waals surface area contributed by atoms with Gasteiger partial charge in [-0.05, 0) is 36.5 Å². The Hall–Kier alpha value is -1.60. The summed E-state index contributed by atoms with van der Waals surface area (Å²) in [7, 11) is 0. The first-order valence-corrected chi connectivity index (χ1v) is 10.5. The molecule has 0 spiro atoms. The molecule has 1 aromatic heterocycles. The van der Waals surface area contributed by atoms with Crippen LogP contribution in [0.15, 0.2) is 46.2 Å². The van der Waals surface area contributed by atoms with E-state index in [9.17, 15) is 4.79 Å². The van der Waals surface area contributed by atoms with Crippen LogP contribution < -0.4 is 10.2 Å². The van der Waals surface area contributed by atoms with Gasteiger partial charge in [-0.1, -0.05) is 47.6 Å². The Morgan fingerprint density at radius 2 is 2.04 bits per heavy atom. The predicted molar refractivity (Wildman–Crippen MR) is 111 cm³/mol. The SMILES string of the molecule is C[C@H]1C[C@H](C)CN(c2cc(SCC(=O)Nc3cccc(Br)c3)ncn2)C1. The molecular formula is C19H23BrN4OS. The van der Waals surface area contributed by atoms with Gasteiger partial charge in [-0.25, -0.2) is 9.97 Å². The lowest BCUT2D eigenvalue weighted by molar-refractivity contribution is -0.113. The van der Waals surface area contributed by atoms with Crippen LogP contribution in [-0.4, -0.2) is 34.7 Å². The number of carbonyl (C=O) groups is 1. The summed E-state index contributed by atoms with van der Waals surface area (Å²) in [5.74, 6) is 2.55. The van der Waals surface area contributed by atoms with E-state index in [4.69, 9.17) is 0 Å². The molecule has 0 bridgehead atoms. The molecule has 1 fully saturated rings. The van der Waals surface area contributed by atoms with Crippen molar-refractivity contribution in [1.29, 1.82) is 0 Å². The fourth-order valence-electron chi connectivity index (χ4n) is 3.33. The fraction of sp³-hybridized carbons (Fsp3) is 0.421. The predicted octanol–water partition coefficient (Wildman–Crippen LogP) is 4.45. The maximum atomic E-state index is 12.2. The molecule has 2 aromatic rings. The van der Waals surface area contributed by atoms with Crippen molar-refractivity contribution in [3.8, 4) is 0 Å². The number of hydrogen-bond acceptors (Lipinski definition) is 5. The number of thioether (sulfide) groups is 1. The molecule has 138 valence electrons. The van der Waals surface area contributed by atoms with Crippen LogP contribution in [0.2, 0.25) is 0 Å². The highest BCUT2D eigenvalue weighted by atomic mass is 79.9. The van der Waals surface area contributed by atoms with E-state index in [2.05, 4.69) is 50.0 Å². The van der Waals surface area contributed by atoms with Gasteiger partial charge in [-0.2, -0.15) is 0 Å². The number of piperidine rings is 1. The van der Waals surface area contributed by atoms with E-state index < -0.39 is 0 Å². The van der Waals surface area contributed by atoms with Crippen LogP contribution in [0.3, 0.4) is 0 Å². The first-order chi connectivity index (χ1) is 12.5. The maximum Gasteiger partial charge on any atom is 0.234 e. The summed E-state index contributed by atoms with van der Waals surface area (Å²) in [6, 6.07) is 9.56. The Balaban J connectivity index is 1.57. The number of hydrogen-bond donors (Lipinski definition) is 1. The lowest BCUT2D eigenvalue weighted by Crippen LogP contribution is -2.39. The smallest absolute Gasteiger partial charge is 0.234 e. The van der Waals surface area contributed by atoms with Crippen molar-refractivity contribution >= 4 is 45.1 Å². The molecule has 26 heavy (non-hydrogen) atoms. The third-order valence-electron chi connectivity index (χ3n) is 4.28. The number of aromatic nitrogens is 2. The van der Waals surface area contributed by atoms with E-state index in [1.165, 1.54) is 18.2 Å². The molecule has 0 unspecified atom stereocenters. The van der Waals surface area contributed by atoms with E-state index in [0.717, 1.165) is 34.1 Å². The first kappa shape index (κ1) is 19.2. The minimum absolute atomic E-state index is 0.0477. The zero-order valence-electron chi connectivity index (χ0n) is 15.0. The number of nitrogens with one attached hydrogen (secondary N) is 1. The highest BCUT2D eigenvalue weighted by Gasteiger charge is 2.23. The zero-order chi connectivity index (χ0) is 18.5. The second-order valence-electron chi connectivity index (χ2n) is 6.91. The minimum atomic E-state index is -0.0477. The van der Waals surface area contributed by atoms with Crippen LogP contribution in [0.4, 0.5) is 11.5 Å². The normalized spacial score (nSPS) is 20.0. The van der Waals surface area contributed by atoms with Gasteiger partial charge < -0.3 is 10.2 Å². The summed E-state index contributed by atoms with van der Waals surface area (Å²) < 4.78 is 0.938. The molecule has 0 aliphatic carbocycles. The van der Waals surface area contributed by atoms with Gasteiger partial charge in [0.1, 0.15) is 17.2 Å². The lowest BCUT2D eigenvalue weighted by atomic mass is 9.92. The molecule has 1 N–H and O–H groups in total. The molecule has 3 rings (SSSR count). The van der Waals surface area contributed by atoms with Gasteiger partial charge >= 0.3 is 0 Å². The van der Waals surface area contributed by atoms with Crippen LogP contribution in [0.1, 0.15) is 20.3 Å². The number of nitrogens with zero attached hydrogens (tertiary/aromatic N) is 3. The van der Waals surface area contributed by atoms with E-state index in [1.807, 2.05) is 30.3 Å². The van der Waals surface area contributed by atoms with Crippen LogP contribution >= 0.6 is 27.7 Å². The first-order valence-electron chi connectivity index (χ1n) is 8.75. The fourth-order valence-corrected chi connectivity index (χ4v) is 4.40.